The van der Waals surface area contributed by atoms with E-state index in [2.05, 4.69) is 24.3 Å². The first kappa shape index (κ1) is 9.74. The lowest BCUT2D eigenvalue weighted by Crippen LogP contribution is -1.93. The molecule has 0 N–H and O–H groups in total. The van der Waals surface area contributed by atoms with Crippen LogP contribution in [0.2, 0.25) is 12.1 Å². The van der Waals surface area contributed by atoms with Gasteiger partial charge in [0.25, 0.3) is 0 Å². The minimum Gasteiger partial charge on any atom is -0.0620 e. The van der Waals surface area contributed by atoms with Crippen molar-refractivity contribution in [1.29, 1.82) is 0 Å². The first-order valence-corrected chi connectivity index (χ1v) is 7.78. The second kappa shape index (κ2) is 5.33. The summed E-state index contributed by atoms with van der Waals surface area (Å²) >= 11 is 0. The Morgan fingerprint density at radius 2 is 1.25 bits per heavy atom. The van der Waals surface area contributed by atoms with Crippen LogP contribution in [0.4, 0.5) is 0 Å². The van der Waals surface area contributed by atoms with E-state index >= 15 is 0 Å². The van der Waals surface area contributed by atoms with E-state index < -0.39 is 0 Å². The zero-order chi connectivity index (χ0) is 8.81. The van der Waals surface area contributed by atoms with E-state index in [4.69, 9.17) is 0 Å². The molecule has 0 saturated heterocycles. The van der Waals surface area contributed by atoms with Crippen molar-refractivity contribution in [3.8, 4) is 0 Å². The summed E-state index contributed by atoms with van der Waals surface area (Å²) in [5.41, 5.74) is 3.20. The molecular formula is C10H18Si2. The van der Waals surface area contributed by atoms with Gasteiger partial charge in [-0.05, 0) is 24.0 Å². The fourth-order valence-corrected chi connectivity index (χ4v) is 2.66. The maximum absolute atomic E-state index is 2.30. The minimum atomic E-state index is 1.31. The molecule has 0 heterocycles. The van der Waals surface area contributed by atoms with Crippen molar-refractivity contribution in [2.75, 3.05) is 0 Å². The van der Waals surface area contributed by atoms with Crippen molar-refractivity contribution >= 4 is 20.5 Å². The molecule has 0 aliphatic carbocycles. The smallest absolute Gasteiger partial charge is 0.00321 e. The average molecular weight is 194 g/mol. The largest absolute Gasteiger partial charge is 0.0620 e. The van der Waals surface area contributed by atoms with Crippen molar-refractivity contribution < 1.29 is 0 Å². The molecule has 1 aromatic rings. The van der Waals surface area contributed by atoms with Crippen molar-refractivity contribution in [3.63, 3.8) is 0 Å². The second-order valence-corrected chi connectivity index (χ2v) is 5.27. The Labute approximate surface area is 81.2 Å². The normalized spacial score (nSPS) is 10.7. The summed E-state index contributed by atoms with van der Waals surface area (Å²) in [6.07, 6.45) is 2.62. The second-order valence-electron chi connectivity index (χ2n) is 3.27. The zero-order valence-corrected chi connectivity index (χ0v) is 12.1. The minimum absolute atomic E-state index is 1.31. The van der Waals surface area contributed by atoms with Gasteiger partial charge in [-0.3, -0.25) is 0 Å². The molecule has 0 aromatic heterocycles. The summed E-state index contributed by atoms with van der Waals surface area (Å²) in [6, 6.07) is 11.7. The highest BCUT2D eigenvalue weighted by Crippen LogP contribution is 2.12. The van der Waals surface area contributed by atoms with Crippen LogP contribution in [0.15, 0.2) is 24.3 Å². The van der Waals surface area contributed by atoms with E-state index in [1.54, 1.807) is 11.1 Å². The Kier molecular flexibility index (Phi) is 4.32. The summed E-state index contributed by atoms with van der Waals surface area (Å²) < 4.78 is 0. The van der Waals surface area contributed by atoms with Gasteiger partial charge >= 0.3 is 0 Å². The predicted molar refractivity (Wildman–Crippen MR) is 63.3 cm³/mol. The Morgan fingerprint density at radius 1 is 0.833 bits per heavy atom. The third-order valence-electron chi connectivity index (χ3n) is 2.16. The van der Waals surface area contributed by atoms with Gasteiger partial charge in [-0.2, -0.15) is 0 Å². The monoisotopic (exact) mass is 194 g/mol. The average Bonchev–Trinajstić information content (AvgIpc) is 2.09. The van der Waals surface area contributed by atoms with Crippen LogP contribution in [-0.4, -0.2) is 20.5 Å². The molecule has 1 rings (SSSR count). The van der Waals surface area contributed by atoms with Crippen LogP contribution in [0.25, 0.3) is 0 Å². The molecule has 0 aliphatic heterocycles. The highest BCUT2D eigenvalue weighted by molar-refractivity contribution is 6.08. The van der Waals surface area contributed by atoms with Gasteiger partial charge in [0.1, 0.15) is 0 Å². The summed E-state index contributed by atoms with van der Waals surface area (Å²) in [6.45, 7) is 0. The Bertz CT molecular complexity index is 208. The molecule has 0 bridgehead atoms. The van der Waals surface area contributed by atoms with Crippen LogP contribution < -0.4 is 0 Å². The first-order chi connectivity index (χ1) is 5.88. The van der Waals surface area contributed by atoms with Gasteiger partial charge in [0.05, 0.1) is 0 Å². The van der Waals surface area contributed by atoms with E-state index in [-0.39, 0.29) is 0 Å². The third-order valence-corrected chi connectivity index (χ3v) is 3.16. The predicted octanol–water partition coefficient (Wildman–Crippen LogP) is 0.339. The van der Waals surface area contributed by atoms with E-state index in [0.29, 0.717) is 0 Å². The van der Waals surface area contributed by atoms with Gasteiger partial charge in [0.15, 0.2) is 0 Å². The molecule has 12 heavy (non-hydrogen) atoms. The van der Waals surface area contributed by atoms with Crippen LogP contribution in [-0.2, 0) is 12.8 Å². The van der Waals surface area contributed by atoms with Gasteiger partial charge in [-0.1, -0.05) is 36.4 Å². The van der Waals surface area contributed by atoms with Gasteiger partial charge in [0.2, 0.25) is 0 Å². The number of aryl methyl sites for hydroxylation is 2. The van der Waals surface area contributed by atoms with Crippen molar-refractivity contribution in [3.05, 3.63) is 35.4 Å². The summed E-state index contributed by atoms with van der Waals surface area (Å²) in [5.74, 6) is 0. The molecule has 2 heteroatoms. The Balaban J connectivity index is 2.77. The fraction of sp³-hybridized carbons (Fsp3) is 0.400. The SMILES string of the molecule is [SiH3]CCc1ccccc1CC[SiH3]. The maximum atomic E-state index is 2.30. The zero-order valence-electron chi connectivity index (χ0n) is 8.14. The molecule has 0 radical (unpaired) electrons. The molecule has 0 atom stereocenters. The van der Waals surface area contributed by atoms with Crippen LogP contribution in [0.5, 0.6) is 0 Å². The number of benzene rings is 1. The highest BCUT2D eigenvalue weighted by atomic mass is 28.1. The van der Waals surface area contributed by atoms with Crippen LogP contribution in [0.3, 0.4) is 0 Å². The van der Waals surface area contributed by atoms with Crippen LogP contribution in [0, 0.1) is 0 Å². The molecule has 0 unspecified atom stereocenters. The van der Waals surface area contributed by atoms with Crippen molar-refractivity contribution in [1.82, 2.24) is 0 Å². The standard InChI is InChI=1S/C10H18Si2/c11-7-5-9-3-1-2-4-10(9)6-8-12/h1-4H,5-8H2,11-12H3. The van der Waals surface area contributed by atoms with Gasteiger partial charge in [0, 0.05) is 20.5 Å². The first-order valence-electron chi connectivity index (χ1n) is 4.95. The van der Waals surface area contributed by atoms with E-state index in [0.717, 1.165) is 0 Å². The van der Waals surface area contributed by atoms with Crippen LogP contribution in [0.1, 0.15) is 11.1 Å². The number of rotatable bonds is 4. The van der Waals surface area contributed by atoms with Gasteiger partial charge < -0.3 is 0 Å². The topological polar surface area (TPSA) is 0 Å². The summed E-state index contributed by atoms with van der Waals surface area (Å²) in [4.78, 5) is 0. The number of hydrogen-bond acceptors (Lipinski definition) is 0. The van der Waals surface area contributed by atoms with E-state index in [9.17, 15) is 0 Å². The third kappa shape index (κ3) is 2.61. The lowest BCUT2D eigenvalue weighted by Gasteiger charge is -2.06. The molecule has 0 amide bonds. The number of hydrogen-bond donors (Lipinski definition) is 0. The van der Waals surface area contributed by atoms with Crippen molar-refractivity contribution in [2.24, 2.45) is 0 Å². The molecule has 0 aliphatic rings. The molecule has 0 nitrogen and oxygen atoms in total. The molecule has 1 aromatic carbocycles. The van der Waals surface area contributed by atoms with Crippen molar-refractivity contribution in [2.45, 2.75) is 24.9 Å². The van der Waals surface area contributed by atoms with E-state index in [1.165, 1.54) is 45.4 Å². The maximum Gasteiger partial charge on any atom is 0.00321 e. The fourth-order valence-electron chi connectivity index (χ4n) is 1.58. The van der Waals surface area contributed by atoms with Gasteiger partial charge in [-0.25, -0.2) is 0 Å². The molecule has 0 saturated carbocycles. The molecule has 0 spiro atoms. The van der Waals surface area contributed by atoms with E-state index in [1.807, 2.05) is 0 Å². The molecule has 0 fully saturated rings. The highest BCUT2D eigenvalue weighted by Gasteiger charge is 1.97. The lowest BCUT2D eigenvalue weighted by molar-refractivity contribution is 1.03. The van der Waals surface area contributed by atoms with Crippen LogP contribution >= 0.6 is 0 Å². The summed E-state index contributed by atoms with van der Waals surface area (Å²) in [7, 11) is 2.67. The Hall–Kier alpha value is -0.346. The Morgan fingerprint density at radius 3 is 1.58 bits per heavy atom. The lowest BCUT2D eigenvalue weighted by atomic mass is 10.0. The quantitative estimate of drug-likeness (QED) is 0.607. The summed E-state index contributed by atoms with van der Waals surface area (Å²) in [5, 5.41) is 0. The molecular weight excluding hydrogens is 176 g/mol. The van der Waals surface area contributed by atoms with Gasteiger partial charge in [-0.15, -0.1) is 0 Å². The molecule has 66 valence electrons.